The molecule has 0 radical (unpaired) electrons. The maximum absolute atomic E-state index is 11.8. The van der Waals surface area contributed by atoms with Gasteiger partial charge >= 0.3 is 0 Å². The van der Waals surface area contributed by atoms with E-state index in [1.165, 1.54) is 6.26 Å². The summed E-state index contributed by atoms with van der Waals surface area (Å²) in [5, 5.41) is 2.93. The van der Waals surface area contributed by atoms with E-state index in [9.17, 15) is 4.79 Å². The molecule has 0 saturated carbocycles. The smallest absolute Gasteiger partial charge is 0.255 e. The molecule has 1 amide bonds. The van der Waals surface area contributed by atoms with Gasteiger partial charge in [-0.05, 0) is 34.3 Å². The molecule has 0 fully saturated rings. The predicted octanol–water partition coefficient (Wildman–Crippen LogP) is 3.21. The van der Waals surface area contributed by atoms with E-state index in [1.807, 2.05) is 6.92 Å². The van der Waals surface area contributed by atoms with Gasteiger partial charge in [0.2, 0.25) is 0 Å². The lowest BCUT2D eigenvalue weighted by Crippen LogP contribution is -2.41. The minimum Gasteiger partial charge on any atom is -0.457 e. The molecule has 0 aliphatic heterocycles. The van der Waals surface area contributed by atoms with Crippen molar-refractivity contribution in [1.82, 2.24) is 5.32 Å². The zero-order valence-corrected chi connectivity index (χ0v) is 11.0. The number of halogens is 1. The molecule has 15 heavy (non-hydrogen) atoms. The Morgan fingerprint density at radius 3 is 2.53 bits per heavy atom. The first-order valence-corrected chi connectivity index (χ1v) is 5.65. The third-order valence-electron chi connectivity index (χ3n) is 2.51. The highest BCUT2D eigenvalue weighted by Gasteiger charge is 2.23. The molecule has 0 spiro atoms. The fourth-order valence-electron chi connectivity index (χ4n) is 0.947. The second-order valence-corrected chi connectivity index (χ2v) is 5.39. The van der Waals surface area contributed by atoms with E-state index in [0.717, 1.165) is 0 Å². The van der Waals surface area contributed by atoms with E-state index in [1.54, 1.807) is 6.07 Å². The first-order chi connectivity index (χ1) is 6.82. The van der Waals surface area contributed by atoms with Gasteiger partial charge in [-0.1, -0.05) is 20.8 Å². The Balaban J connectivity index is 2.69. The van der Waals surface area contributed by atoms with Crippen LogP contribution in [0.4, 0.5) is 0 Å². The standard InChI is InChI=1S/C11H16BrNO2/c1-7(11(2,3)4)13-10(14)8-5-6-15-9(8)12/h5-7H,1-4H3,(H,13,14). The number of nitrogens with one attached hydrogen (secondary N) is 1. The number of hydrogen-bond acceptors (Lipinski definition) is 2. The molecule has 0 saturated heterocycles. The average Bonchev–Trinajstić information content (AvgIpc) is 2.49. The number of carbonyl (C=O) groups excluding carboxylic acids is 1. The zero-order valence-electron chi connectivity index (χ0n) is 9.43. The van der Waals surface area contributed by atoms with Crippen LogP contribution in [0.5, 0.6) is 0 Å². The van der Waals surface area contributed by atoms with Crippen LogP contribution in [-0.4, -0.2) is 11.9 Å². The molecule has 1 atom stereocenters. The van der Waals surface area contributed by atoms with Gasteiger partial charge in [0.1, 0.15) is 0 Å². The van der Waals surface area contributed by atoms with E-state index in [4.69, 9.17) is 4.42 Å². The Morgan fingerprint density at radius 2 is 2.13 bits per heavy atom. The summed E-state index contributed by atoms with van der Waals surface area (Å²) in [6, 6.07) is 1.75. The highest BCUT2D eigenvalue weighted by molar-refractivity contribution is 9.10. The summed E-state index contributed by atoms with van der Waals surface area (Å²) in [4.78, 5) is 11.8. The molecule has 1 rings (SSSR count). The van der Waals surface area contributed by atoms with Gasteiger partial charge in [-0.2, -0.15) is 0 Å². The number of furan rings is 1. The second-order valence-electron chi connectivity index (χ2n) is 4.67. The van der Waals surface area contributed by atoms with Gasteiger partial charge in [-0.15, -0.1) is 0 Å². The molecule has 0 aromatic carbocycles. The fraction of sp³-hybridized carbons (Fsp3) is 0.545. The van der Waals surface area contributed by atoms with Crippen LogP contribution in [0.3, 0.4) is 0 Å². The van der Waals surface area contributed by atoms with Gasteiger partial charge in [0, 0.05) is 6.04 Å². The van der Waals surface area contributed by atoms with Crippen LogP contribution < -0.4 is 5.32 Å². The van der Waals surface area contributed by atoms with Crippen molar-refractivity contribution >= 4 is 21.8 Å². The van der Waals surface area contributed by atoms with Crippen molar-refractivity contribution in [3.8, 4) is 0 Å². The summed E-state index contributed by atoms with van der Waals surface area (Å²) in [7, 11) is 0. The van der Waals surface area contributed by atoms with E-state index >= 15 is 0 Å². The first-order valence-electron chi connectivity index (χ1n) is 4.86. The first kappa shape index (κ1) is 12.3. The Morgan fingerprint density at radius 1 is 1.53 bits per heavy atom. The minimum atomic E-state index is -0.113. The van der Waals surface area contributed by atoms with Gasteiger partial charge < -0.3 is 9.73 Å². The molecule has 0 aliphatic carbocycles. The molecule has 1 aromatic rings. The molecule has 1 N–H and O–H groups in total. The second kappa shape index (κ2) is 4.39. The number of carbonyl (C=O) groups is 1. The Bertz CT molecular complexity index is 352. The van der Waals surface area contributed by atoms with Crippen molar-refractivity contribution in [2.24, 2.45) is 5.41 Å². The Labute approximate surface area is 98.4 Å². The molecule has 1 heterocycles. The lowest BCUT2D eigenvalue weighted by atomic mass is 9.88. The summed E-state index contributed by atoms with van der Waals surface area (Å²) in [5.41, 5.74) is 0.581. The highest BCUT2D eigenvalue weighted by Crippen LogP contribution is 2.21. The molecule has 3 nitrogen and oxygen atoms in total. The van der Waals surface area contributed by atoms with Gasteiger partial charge in [0.25, 0.3) is 5.91 Å². The maximum atomic E-state index is 11.8. The van der Waals surface area contributed by atoms with Crippen molar-refractivity contribution in [2.75, 3.05) is 0 Å². The third-order valence-corrected chi connectivity index (χ3v) is 3.12. The normalized spacial score (nSPS) is 13.7. The molecule has 0 aliphatic rings. The highest BCUT2D eigenvalue weighted by atomic mass is 79.9. The molecule has 1 unspecified atom stereocenters. The van der Waals surface area contributed by atoms with Crippen molar-refractivity contribution in [3.05, 3.63) is 22.6 Å². The van der Waals surface area contributed by atoms with E-state index < -0.39 is 0 Å². The number of amides is 1. The Hall–Kier alpha value is -0.770. The molecule has 0 bridgehead atoms. The van der Waals surface area contributed by atoms with Crippen molar-refractivity contribution in [3.63, 3.8) is 0 Å². The molecule has 1 aromatic heterocycles. The third kappa shape index (κ3) is 3.09. The van der Waals surface area contributed by atoms with Crippen LogP contribution in [0.1, 0.15) is 38.1 Å². The van der Waals surface area contributed by atoms with Crippen molar-refractivity contribution < 1.29 is 9.21 Å². The van der Waals surface area contributed by atoms with E-state index in [2.05, 4.69) is 42.0 Å². The van der Waals surface area contributed by atoms with Crippen LogP contribution in [0.25, 0.3) is 0 Å². The zero-order chi connectivity index (χ0) is 11.6. The summed E-state index contributed by atoms with van der Waals surface area (Å²) >= 11 is 3.18. The Kier molecular flexibility index (Phi) is 3.60. The average molecular weight is 274 g/mol. The SMILES string of the molecule is CC(NC(=O)c1ccoc1Br)C(C)(C)C. The number of rotatable bonds is 2. The quantitative estimate of drug-likeness (QED) is 0.899. The summed E-state index contributed by atoms with van der Waals surface area (Å²) in [6.45, 7) is 8.25. The van der Waals surface area contributed by atoms with E-state index in [0.29, 0.717) is 10.2 Å². The molecule has 84 valence electrons. The van der Waals surface area contributed by atoms with Gasteiger partial charge in [0.15, 0.2) is 4.67 Å². The lowest BCUT2D eigenvalue weighted by molar-refractivity contribution is 0.0908. The molecular formula is C11H16BrNO2. The summed E-state index contributed by atoms with van der Waals surface area (Å²) in [5.74, 6) is -0.113. The van der Waals surface area contributed by atoms with Crippen LogP contribution in [-0.2, 0) is 0 Å². The van der Waals surface area contributed by atoms with E-state index in [-0.39, 0.29) is 17.4 Å². The van der Waals surface area contributed by atoms with Crippen molar-refractivity contribution in [1.29, 1.82) is 0 Å². The largest absolute Gasteiger partial charge is 0.457 e. The van der Waals surface area contributed by atoms with Gasteiger partial charge in [0.05, 0.1) is 11.8 Å². The molecule has 4 heteroatoms. The maximum Gasteiger partial charge on any atom is 0.255 e. The van der Waals surface area contributed by atoms with Gasteiger partial charge in [-0.25, -0.2) is 0 Å². The lowest BCUT2D eigenvalue weighted by Gasteiger charge is -2.27. The van der Waals surface area contributed by atoms with Crippen LogP contribution in [0.15, 0.2) is 21.4 Å². The van der Waals surface area contributed by atoms with Gasteiger partial charge in [-0.3, -0.25) is 4.79 Å². The van der Waals surface area contributed by atoms with Crippen molar-refractivity contribution in [2.45, 2.75) is 33.7 Å². The monoisotopic (exact) mass is 273 g/mol. The topological polar surface area (TPSA) is 42.2 Å². The molecular weight excluding hydrogens is 258 g/mol. The van der Waals surface area contributed by atoms with Crippen LogP contribution >= 0.6 is 15.9 Å². The van der Waals surface area contributed by atoms with Crippen LogP contribution in [0.2, 0.25) is 0 Å². The number of hydrogen-bond donors (Lipinski definition) is 1. The van der Waals surface area contributed by atoms with Crippen LogP contribution in [0, 0.1) is 5.41 Å². The summed E-state index contributed by atoms with van der Waals surface area (Å²) < 4.78 is 5.48. The minimum absolute atomic E-state index is 0.0475. The summed E-state index contributed by atoms with van der Waals surface area (Å²) in [6.07, 6.45) is 1.49. The predicted molar refractivity (Wildman–Crippen MR) is 62.8 cm³/mol. The fourth-order valence-corrected chi connectivity index (χ4v) is 1.37.